The van der Waals surface area contributed by atoms with Gasteiger partial charge in [-0.2, -0.15) is 0 Å². The Bertz CT molecular complexity index is 1810. The summed E-state index contributed by atoms with van der Waals surface area (Å²) in [5.74, 6) is 2.15. The lowest BCUT2D eigenvalue weighted by atomic mass is 10.0. The molecule has 0 saturated carbocycles. The summed E-state index contributed by atoms with van der Waals surface area (Å²) in [6.45, 7) is 0. The first-order valence-electron chi connectivity index (χ1n) is 12.1. The van der Waals surface area contributed by atoms with E-state index in [1.165, 1.54) is 13.2 Å². The van der Waals surface area contributed by atoms with Crippen molar-refractivity contribution in [3.05, 3.63) is 97.1 Å². The Morgan fingerprint density at radius 3 is 2.33 bits per heavy atom. The van der Waals surface area contributed by atoms with Crippen LogP contribution in [0.5, 0.6) is 23.0 Å². The predicted octanol–water partition coefficient (Wildman–Crippen LogP) is 6.93. The molecule has 0 bridgehead atoms. The van der Waals surface area contributed by atoms with Crippen molar-refractivity contribution in [2.45, 2.75) is 0 Å². The molecule has 3 heterocycles. The minimum atomic E-state index is -0.458. The molecule has 0 aliphatic carbocycles. The summed E-state index contributed by atoms with van der Waals surface area (Å²) in [6, 6.07) is 23.5. The first-order valence-corrected chi connectivity index (χ1v) is 12.1. The van der Waals surface area contributed by atoms with Crippen LogP contribution in [0.25, 0.3) is 33.1 Å². The quantitative estimate of drug-likeness (QED) is 0.243. The summed E-state index contributed by atoms with van der Waals surface area (Å²) in [5, 5.41) is 13.9. The molecule has 1 N–H and O–H groups in total. The number of hydrogen-bond donors (Lipinski definition) is 1. The number of pyridine rings is 2. The Morgan fingerprint density at radius 2 is 1.56 bits per heavy atom. The molecule has 0 aliphatic rings. The molecule has 8 nitrogen and oxygen atoms in total. The normalized spacial score (nSPS) is 10.9. The van der Waals surface area contributed by atoms with Crippen LogP contribution in [0.4, 0.5) is 15.9 Å². The maximum atomic E-state index is 14.4. The monoisotopic (exact) mass is 519 g/mol. The molecule has 6 aromatic rings. The van der Waals surface area contributed by atoms with Crippen LogP contribution in [-0.2, 0) is 0 Å². The number of methoxy groups -OCH3 is 2. The van der Waals surface area contributed by atoms with Crippen LogP contribution >= 0.6 is 0 Å². The van der Waals surface area contributed by atoms with E-state index in [0.29, 0.717) is 45.4 Å². The lowest BCUT2D eigenvalue weighted by Gasteiger charge is -2.13. The molecule has 0 unspecified atom stereocenters. The highest BCUT2D eigenvalue weighted by Crippen LogP contribution is 2.34. The van der Waals surface area contributed by atoms with Crippen molar-refractivity contribution in [3.63, 3.8) is 0 Å². The SMILES string of the molecule is COc1cnc2c(Oc3ccc(Nc4nnc(-c5ccc(OC)c(F)c5)c5ccccc45)cc3)ccnc2c1. The second-order valence-corrected chi connectivity index (χ2v) is 8.60. The zero-order chi connectivity index (χ0) is 26.8. The van der Waals surface area contributed by atoms with Gasteiger partial charge in [-0.3, -0.25) is 4.98 Å². The summed E-state index contributed by atoms with van der Waals surface area (Å²) in [7, 11) is 3.02. The van der Waals surface area contributed by atoms with E-state index in [4.69, 9.17) is 14.2 Å². The number of fused-ring (bicyclic) bond motifs is 2. The highest BCUT2D eigenvalue weighted by Gasteiger charge is 2.14. The number of aromatic nitrogens is 4. The smallest absolute Gasteiger partial charge is 0.165 e. The van der Waals surface area contributed by atoms with E-state index in [9.17, 15) is 4.39 Å². The Balaban J connectivity index is 1.26. The maximum absolute atomic E-state index is 14.4. The van der Waals surface area contributed by atoms with Gasteiger partial charge in [0.1, 0.15) is 22.7 Å². The van der Waals surface area contributed by atoms with E-state index in [0.717, 1.165) is 16.5 Å². The lowest BCUT2D eigenvalue weighted by molar-refractivity contribution is 0.386. The van der Waals surface area contributed by atoms with Crippen molar-refractivity contribution in [2.75, 3.05) is 19.5 Å². The average Bonchev–Trinajstić information content (AvgIpc) is 2.98. The molecule has 192 valence electrons. The van der Waals surface area contributed by atoms with Crippen LogP contribution in [0.3, 0.4) is 0 Å². The molecule has 3 aromatic heterocycles. The number of hydrogen-bond acceptors (Lipinski definition) is 8. The summed E-state index contributed by atoms with van der Waals surface area (Å²) >= 11 is 0. The van der Waals surface area contributed by atoms with E-state index in [1.54, 1.807) is 37.7 Å². The first-order chi connectivity index (χ1) is 19.1. The topological polar surface area (TPSA) is 91.3 Å². The van der Waals surface area contributed by atoms with Crippen molar-refractivity contribution >= 4 is 33.3 Å². The lowest BCUT2D eigenvalue weighted by Crippen LogP contribution is -1.99. The highest BCUT2D eigenvalue weighted by molar-refractivity contribution is 6.00. The van der Waals surface area contributed by atoms with Gasteiger partial charge in [-0.25, -0.2) is 9.37 Å². The third kappa shape index (κ3) is 4.73. The fourth-order valence-electron chi connectivity index (χ4n) is 4.27. The van der Waals surface area contributed by atoms with Crippen LogP contribution in [0.15, 0.2) is 91.3 Å². The van der Waals surface area contributed by atoms with Gasteiger partial charge in [0, 0.05) is 40.4 Å². The summed E-state index contributed by atoms with van der Waals surface area (Å²) in [4.78, 5) is 8.77. The van der Waals surface area contributed by atoms with Gasteiger partial charge in [0.15, 0.2) is 23.1 Å². The maximum Gasteiger partial charge on any atom is 0.165 e. The third-order valence-electron chi connectivity index (χ3n) is 6.21. The summed E-state index contributed by atoms with van der Waals surface area (Å²) in [5.41, 5.74) is 3.31. The minimum absolute atomic E-state index is 0.176. The largest absolute Gasteiger partial charge is 0.495 e. The number of benzene rings is 3. The average molecular weight is 520 g/mol. The van der Waals surface area contributed by atoms with Crippen LogP contribution < -0.4 is 19.5 Å². The number of anilines is 2. The first kappa shape index (κ1) is 24.1. The van der Waals surface area contributed by atoms with E-state index < -0.39 is 5.82 Å². The van der Waals surface area contributed by atoms with Gasteiger partial charge in [-0.05, 0) is 42.5 Å². The zero-order valence-electron chi connectivity index (χ0n) is 21.1. The number of halogens is 1. The van der Waals surface area contributed by atoms with E-state index in [1.807, 2.05) is 54.6 Å². The molecule has 0 fully saturated rings. The van der Waals surface area contributed by atoms with Gasteiger partial charge >= 0.3 is 0 Å². The van der Waals surface area contributed by atoms with Crippen molar-refractivity contribution < 1.29 is 18.6 Å². The van der Waals surface area contributed by atoms with Crippen LogP contribution in [0.1, 0.15) is 0 Å². The standard InChI is InChI=1S/C30H22FN5O3/c1-37-21-16-25-29(33-17-21)27(13-14-32-25)39-20-10-8-19(9-11-20)34-30-23-6-4-3-5-22(23)28(35-36-30)18-7-12-26(38-2)24(31)15-18/h3-17H,1-2H3,(H,34,36). The van der Waals surface area contributed by atoms with Crippen LogP contribution in [0.2, 0.25) is 0 Å². The fourth-order valence-corrected chi connectivity index (χ4v) is 4.27. The number of nitrogens with one attached hydrogen (secondary N) is 1. The second-order valence-electron chi connectivity index (χ2n) is 8.60. The molecule has 0 saturated heterocycles. The molecule has 0 spiro atoms. The Morgan fingerprint density at radius 1 is 0.744 bits per heavy atom. The highest BCUT2D eigenvalue weighted by atomic mass is 19.1. The van der Waals surface area contributed by atoms with Gasteiger partial charge in [-0.15, -0.1) is 10.2 Å². The Labute approximate surface area is 223 Å². The molecule has 0 amide bonds. The summed E-state index contributed by atoms with van der Waals surface area (Å²) < 4.78 is 30.7. The van der Waals surface area contributed by atoms with Crippen molar-refractivity contribution in [1.29, 1.82) is 0 Å². The fraction of sp³-hybridized carbons (Fsp3) is 0.0667. The third-order valence-corrected chi connectivity index (χ3v) is 6.21. The van der Waals surface area contributed by atoms with Gasteiger partial charge in [-0.1, -0.05) is 24.3 Å². The van der Waals surface area contributed by atoms with Crippen LogP contribution in [-0.4, -0.2) is 34.4 Å². The van der Waals surface area contributed by atoms with E-state index in [2.05, 4.69) is 25.5 Å². The van der Waals surface area contributed by atoms with Gasteiger partial charge in [0.25, 0.3) is 0 Å². The molecule has 9 heteroatoms. The Kier molecular flexibility index (Phi) is 6.30. The second kappa shape index (κ2) is 10.2. The molecule has 6 rings (SSSR count). The van der Waals surface area contributed by atoms with Crippen molar-refractivity contribution in [3.8, 4) is 34.3 Å². The number of rotatable bonds is 7. The molecule has 3 aromatic carbocycles. The minimum Gasteiger partial charge on any atom is -0.495 e. The molecule has 0 aliphatic heterocycles. The molecular weight excluding hydrogens is 497 g/mol. The number of nitrogens with zero attached hydrogens (tertiary/aromatic N) is 4. The van der Waals surface area contributed by atoms with Crippen molar-refractivity contribution in [2.24, 2.45) is 0 Å². The van der Waals surface area contributed by atoms with Crippen molar-refractivity contribution in [1.82, 2.24) is 20.2 Å². The van der Waals surface area contributed by atoms with Gasteiger partial charge < -0.3 is 19.5 Å². The predicted molar refractivity (Wildman–Crippen MR) is 147 cm³/mol. The molecular formula is C30H22FN5O3. The molecule has 0 atom stereocenters. The van der Waals surface area contributed by atoms with Gasteiger partial charge in [0.2, 0.25) is 0 Å². The Hall–Kier alpha value is -5.31. The zero-order valence-corrected chi connectivity index (χ0v) is 21.1. The number of ether oxygens (including phenoxy) is 3. The van der Waals surface area contributed by atoms with Crippen LogP contribution in [0, 0.1) is 5.82 Å². The van der Waals surface area contributed by atoms with E-state index in [-0.39, 0.29) is 5.75 Å². The summed E-state index contributed by atoms with van der Waals surface area (Å²) in [6.07, 6.45) is 3.30. The molecule has 0 radical (unpaired) electrons. The van der Waals surface area contributed by atoms with Gasteiger partial charge in [0.05, 0.1) is 25.9 Å². The van der Waals surface area contributed by atoms with E-state index >= 15 is 0 Å². The molecule has 39 heavy (non-hydrogen) atoms.